The van der Waals surface area contributed by atoms with Crippen molar-refractivity contribution in [3.05, 3.63) is 106 Å². The molecule has 0 atom stereocenters. The number of nitrogens with two attached hydrogens (primary N) is 2. The number of aromatic nitrogens is 6. The van der Waals surface area contributed by atoms with Crippen LogP contribution in [0, 0.1) is 22.7 Å². The molecule has 2 fully saturated rings. The predicted octanol–water partition coefficient (Wildman–Crippen LogP) is 10.5. The van der Waals surface area contributed by atoms with E-state index >= 15 is 0 Å². The van der Waals surface area contributed by atoms with E-state index in [-0.39, 0.29) is 54.5 Å². The smallest absolute Gasteiger partial charge is 0.369 e. The molecule has 8 heterocycles. The van der Waals surface area contributed by atoms with Gasteiger partial charge in [-0.15, -0.1) is 22.7 Å². The number of thiophene rings is 2. The molecule has 2 amide bonds. The van der Waals surface area contributed by atoms with E-state index in [1.54, 1.807) is 16.7 Å². The number of anilines is 2. The van der Waals surface area contributed by atoms with Crippen molar-refractivity contribution < 1.29 is 35.9 Å². The van der Waals surface area contributed by atoms with E-state index in [0.717, 1.165) is 115 Å². The molecule has 0 spiro atoms. The Balaban J connectivity index is 0.000000225. The number of carbonyl (C=O) groups excluding carboxylic acids is 2. The molecule has 7 N–H and O–H groups in total. The molecule has 408 valence electrons. The van der Waals surface area contributed by atoms with E-state index < -0.39 is 31.1 Å². The fraction of sp³-hybridized carbons (Fsp3) is 0.385. The number of likely N-dealkylation sites (tertiary alicyclic amines) is 2. The van der Waals surface area contributed by atoms with Gasteiger partial charge in [0.1, 0.15) is 64.0 Å². The number of alkyl halides is 7. The van der Waals surface area contributed by atoms with Crippen LogP contribution in [-0.2, 0) is 42.1 Å². The lowest BCUT2D eigenvalue weighted by Crippen LogP contribution is -2.38. The number of primary amides is 2. The second-order valence-corrected chi connectivity index (χ2v) is 21.0. The number of piperidine rings is 2. The number of H-pyrrole nitrogens is 1. The minimum atomic E-state index is -4.26. The van der Waals surface area contributed by atoms with Crippen LogP contribution < -0.4 is 22.1 Å². The molecule has 10 rings (SSSR count). The molecule has 6 aromatic heterocycles. The predicted molar refractivity (Wildman–Crippen MR) is 294 cm³/mol. The number of nitrogens with zero attached hydrogens (tertiary/aromatic N) is 9. The van der Waals surface area contributed by atoms with Gasteiger partial charge in [0, 0.05) is 82.9 Å². The van der Waals surface area contributed by atoms with Crippen LogP contribution in [0.15, 0.2) is 73.3 Å². The van der Waals surface area contributed by atoms with E-state index in [0.29, 0.717) is 43.5 Å². The van der Waals surface area contributed by atoms with Gasteiger partial charge in [-0.05, 0) is 85.3 Å². The fourth-order valence-corrected chi connectivity index (χ4v) is 11.2. The number of carbonyl (C=O) groups is 2. The molecule has 2 aliphatic rings. The molecule has 2 aliphatic heterocycles. The first-order valence-corrected chi connectivity index (χ1v) is 26.3. The summed E-state index contributed by atoms with van der Waals surface area (Å²) in [5.74, 6) is 0.352. The number of hydrogen-bond acceptors (Lipinski definition) is 14. The monoisotopic (exact) mass is 1170 g/mol. The molecule has 2 saturated heterocycles. The van der Waals surface area contributed by atoms with Gasteiger partial charge in [-0.1, -0.05) is 42.9 Å². The van der Waals surface area contributed by atoms with Crippen LogP contribution in [0.2, 0.25) is 0 Å². The number of halogens is 7. The molecule has 0 aliphatic carbocycles. The zero-order valence-corrected chi connectivity index (χ0v) is 43.2. The molecule has 2 aromatic carbocycles. The summed E-state index contributed by atoms with van der Waals surface area (Å²) in [4.78, 5) is 47.2. The van der Waals surface area contributed by atoms with Crippen LogP contribution in [0.25, 0.3) is 42.2 Å². The normalized spacial score (nSPS) is 14.6. The molecular weight excluding hydrogens is 1110 g/mol. The second-order valence-electron chi connectivity index (χ2n) is 18.2. The first kappa shape index (κ1) is 59.3. The van der Waals surface area contributed by atoms with Gasteiger partial charge in [-0.25, -0.2) is 19.9 Å². The fourth-order valence-electron chi connectivity index (χ4n) is 9.16. The topological polar surface area (TPSA) is 237 Å². The van der Waals surface area contributed by atoms with Gasteiger partial charge in [-0.2, -0.15) is 36.9 Å². The summed E-state index contributed by atoms with van der Waals surface area (Å²) in [6.45, 7) is 5.04. The Morgan fingerprint density at radius 1 is 0.688 bits per heavy atom. The molecular formula is C52H57BrF6N14O2S2. The molecule has 8 aromatic rings. The number of amides is 2. The maximum absolute atomic E-state index is 12.8. The Bertz CT molecular complexity index is 3400. The number of hydrogen-bond donors (Lipinski definition) is 5. The number of rotatable bonds is 13. The molecule has 25 heteroatoms. The zero-order chi connectivity index (χ0) is 53.4. The van der Waals surface area contributed by atoms with E-state index in [4.69, 9.17) is 11.0 Å². The Morgan fingerprint density at radius 3 is 1.61 bits per heavy atom. The molecule has 0 radical (unpaired) electrons. The number of nitrogens with one attached hydrogen (secondary N) is 3. The molecule has 0 unspecified atom stereocenters. The third-order valence-corrected chi connectivity index (χ3v) is 15.1. The Hall–Kier alpha value is -6.90. The Morgan fingerprint density at radius 2 is 1.17 bits per heavy atom. The lowest BCUT2D eigenvalue weighted by molar-refractivity contribution is -0.127. The summed E-state index contributed by atoms with van der Waals surface area (Å²) in [7, 11) is 0. The minimum Gasteiger partial charge on any atom is -0.369 e. The summed E-state index contributed by atoms with van der Waals surface area (Å²) in [5.41, 5.74) is 15.0. The van der Waals surface area contributed by atoms with Crippen molar-refractivity contribution >= 4 is 104 Å². The van der Waals surface area contributed by atoms with E-state index in [2.05, 4.69) is 91.3 Å². The van der Waals surface area contributed by atoms with Crippen molar-refractivity contribution in [1.29, 1.82) is 10.5 Å². The molecule has 77 heavy (non-hydrogen) atoms. The van der Waals surface area contributed by atoms with Crippen LogP contribution >= 0.6 is 38.6 Å². The first-order chi connectivity index (χ1) is 35.8. The van der Waals surface area contributed by atoms with Crippen LogP contribution in [0.5, 0.6) is 0 Å². The van der Waals surface area contributed by atoms with Crippen LogP contribution in [0.1, 0.15) is 72.8 Å². The molecule has 0 bridgehead atoms. The van der Waals surface area contributed by atoms with E-state index in [1.807, 2.05) is 30.3 Å². The van der Waals surface area contributed by atoms with Crippen LogP contribution in [-0.4, -0.2) is 107 Å². The van der Waals surface area contributed by atoms with Crippen molar-refractivity contribution in [2.45, 2.75) is 97.4 Å². The minimum absolute atomic E-state index is 0. The van der Waals surface area contributed by atoms with Gasteiger partial charge in [0.2, 0.25) is 11.8 Å². The van der Waals surface area contributed by atoms with Crippen molar-refractivity contribution in [1.82, 2.24) is 39.3 Å². The van der Waals surface area contributed by atoms with Crippen molar-refractivity contribution in [2.75, 3.05) is 42.1 Å². The van der Waals surface area contributed by atoms with Gasteiger partial charge in [0.25, 0.3) is 0 Å². The SMILES string of the molecule is C.C.N#Cc1cc2cc(CN3CCC(Nc4ncnc5sc(CC(F)(F)F)cc45)CC3)ccc2[nH]1.N#Cc1cc2cc(CN3CCC(Nc4ncnc5sc(CC(F)(F)F)cc45)CC3)ccc2n1CC(N)=O.NC(=O)CBr. The Labute approximate surface area is 456 Å². The number of aromatic amines is 1. The summed E-state index contributed by atoms with van der Waals surface area (Å²) in [6, 6.07) is 23.5. The van der Waals surface area contributed by atoms with Crippen molar-refractivity contribution in [3.8, 4) is 12.1 Å². The highest BCUT2D eigenvalue weighted by atomic mass is 79.9. The largest absolute Gasteiger partial charge is 0.393 e. The summed E-state index contributed by atoms with van der Waals surface area (Å²) in [6.07, 6.45) is -4.07. The summed E-state index contributed by atoms with van der Waals surface area (Å²) >= 11 is 4.95. The maximum Gasteiger partial charge on any atom is 0.393 e. The lowest BCUT2D eigenvalue weighted by atomic mass is 10.0. The average Bonchev–Trinajstić information content (AvgIpc) is 4.16. The van der Waals surface area contributed by atoms with Crippen LogP contribution in [0.3, 0.4) is 0 Å². The van der Waals surface area contributed by atoms with Gasteiger partial charge in [-0.3, -0.25) is 19.4 Å². The van der Waals surface area contributed by atoms with Crippen molar-refractivity contribution in [2.24, 2.45) is 11.5 Å². The number of benzene rings is 2. The summed E-state index contributed by atoms with van der Waals surface area (Å²) < 4.78 is 78.4. The van der Waals surface area contributed by atoms with Gasteiger partial charge < -0.3 is 31.7 Å². The first-order valence-electron chi connectivity index (χ1n) is 23.6. The summed E-state index contributed by atoms with van der Waals surface area (Å²) in [5, 5.41) is 28.8. The maximum atomic E-state index is 12.8. The van der Waals surface area contributed by atoms with Crippen LogP contribution in [0.4, 0.5) is 38.0 Å². The standard InChI is InChI=1S/C25H24F3N7OS.C23H21F3N6S.C2H4BrNO.2CH4/c26-25(27,28)10-19-9-20-23(31-14-32-24(20)37-19)33-17-3-5-34(6-4-17)12-15-1-2-21-16(7-15)8-18(11-29)35(21)13-22(30)36;24-23(25,26)10-18-9-19-21(28-13-29-22(19)33-18)31-16-3-5-32(6-4-16)12-14-1-2-20-15(7-14)8-17(11-27)30-20;3-1-2(4)5;;/h1-2,7-9,14,17H,3-6,10,12-13H2,(H2,30,36)(H,31,32,33);1-2,7-9,13,16,30H,3-6,10,12H2,(H,28,29,31);1H2,(H2,4,5);2*1H4. The lowest BCUT2D eigenvalue weighted by Gasteiger charge is -2.32. The third kappa shape index (κ3) is 16.1. The van der Waals surface area contributed by atoms with E-state index in [1.165, 1.54) is 24.3 Å². The third-order valence-electron chi connectivity index (χ3n) is 12.5. The Kier molecular flexibility index (Phi) is 20.0. The van der Waals surface area contributed by atoms with Gasteiger partial charge in [0.15, 0.2) is 0 Å². The van der Waals surface area contributed by atoms with Crippen molar-refractivity contribution in [3.63, 3.8) is 0 Å². The number of fused-ring (bicyclic) bond motifs is 4. The highest BCUT2D eigenvalue weighted by molar-refractivity contribution is 9.09. The second kappa shape index (κ2) is 26.0. The highest BCUT2D eigenvalue weighted by Gasteiger charge is 2.31. The average molecular weight is 1170 g/mol. The molecule has 0 saturated carbocycles. The van der Waals surface area contributed by atoms with Gasteiger partial charge in [0.05, 0.1) is 28.9 Å². The molecule has 16 nitrogen and oxygen atoms in total. The van der Waals surface area contributed by atoms with Gasteiger partial charge >= 0.3 is 12.4 Å². The quantitative estimate of drug-likeness (QED) is 0.0536. The number of nitriles is 2. The zero-order valence-electron chi connectivity index (χ0n) is 39.9. The van der Waals surface area contributed by atoms with E-state index in [9.17, 15) is 41.2 Å². The highest BCUT2D eigenvalue weighted by Crippen LogP contribution is 2.35.